The van der Waals surface area contributed by atoms with E-state index in [1.807, 2.05) is 11.8 Å². The average Bonchev–Trinajstić information content (AvgIpc) is 2.26. The van der Waals surface area contributed by atoms with Crippen LogP contribution in [0.5, 0.6) is 0 Å². The van der Waals surface area contributed by atoms with Crippen molar-refractivity contribution in [1.82, 2.24) is 4.90 Å². The number of carbonyl (C=O) groups is 1. The van der Waals surface area contributed by atoms with Crippen molar-refractivity contribution >= 4 is 5.91 Å². The second kappa shape index (κ2) is 5.50. The number of amides is 1. The lowest BCUT2D eigenvalue weighted by Crippen LogP contribution is -2.45. The van der Waals surface area contributed by atoms with E-state index >= 15 is 0 Å². The molecule has 1 aliphatic rings. The van der Waals surface area contributed by atoms with Gasteiger partial charge in [0.2, 0.25) is 5.91 Å². The Labute approximate surface area is 92.5 Å². The lowest BCUT2D eigenvalue weighted by molar-refractivity contribution is -0.139. The summed E-state index contributed by atoms with van der Waals surface area (Å²) in [5.41, 5.74) is 0. The van der Waals surface area contributed by atoms with Crippen LogP contribution in [0, 0.1) is 11.8 Å². The summed E-state index contributed by atoms with van der Waals surface area (Å²) in [6, 6.07) is 0. The Morgan fingerprint density at radius 1 is 1.53 bits per heavy atom. The van der Waals surface area contributed by atoms with E-state index in [0.717, 1.165) is 25.8 Å². The van der Waals surface area contributed by atoms with Crippen LogP contribution in [0.15, 0.2) is 0 Å². The van der Waals surface area contributed by atoms with E-state index in [9.17, 15) is 9.90 Å². The van der Waals surface area contributed by atoms with E-state index in [1.165, 1.54) is 0 Å². The van der Waals surface area contributed by atoms with Crippen LogP contribution in [0.3, 0.4) is 0 Å². The molecule has 1 heterocycles. The fraction of sp³-hybridized carbons (Fsp3) is 0.917. The number of aliphatic hydroxyl groups excluding tert-OH is 1. The first-order chi connectivity index (χ1) is 7.06. The molecule has 3 atom stereocenters. The van der Waals surface area contributed by atoms with Crippen molar-refractivity contribution in [2.45, 2.75) is 46.1 Å². The highest BCUT2D eigenvalue weighted by atomic mass is 16.3. The van der Waals surface area contributed by atoms with E-state index in [4.69, 9.17) is 0 Å². The van der Waals surface area contributed by atoms with Crippen LogP contribution >= 0.6 is 0 Å². The maximum atomic E-state index is 12.1. The van der Waals surface area contributed by atoms with Gasteiger partial charge in [0.05, 0.1) is 6.10 Å². The van der Waals surface area contributed by atoms with E-state index in [2.05, 4.69) is 13.8 Å². The molecule has 0 saturated carbocycles. The fourth-order valence-corrected chi connectivity index (χ4v) is 2.04. The van der Waals surface area contributed by atoms with Crippen molar-refractivity contribution in [3.63, 3.8) is 0 Å². The number of carbonyl (C=O) groups excluding carboxylic acids is 1. The Morgan fingerprint density at radius 2 is 2.20 bits per heavy atom. The molecule has 1 aliphatic heterocycles. The van der Waals surface area contributed by atoms with Crippen molar-refractivity contribution in [2.24, 2.45) is 11.8 Å². The Balaban J connectivity index is 2.51. The molecule has 15 heavy (non-hydrogen) atoms. The van der Waals surface area contributed by atoms with Crippen molar-refractivity contribution in [3.05, 3.63) is 0 Å². The van der Waals surface area contributed by atoms with Gasteiger partial charge in [-0.15, -0.1) is 0 Å². The van der Waals surface area contributed by atoms with Crippen LogP contribution in [-0.2, 0) is 4.79 Å². The molecule has 3 unspecified atom stereocenters. The molecule has 88 valence electrons. The third kappa shape index (κ3) is 3.20. The fourth-order valence-electron chi connectivity index (χ4n) is 2.04. The highest BCUT2D eigenvalue weighted by molar-refractivity contribution is 5.78. The zero-order chi connectivity index (χ0) is 11.4. The zero-order valence-electron chi connectivity index (χ0n) is 10.1. The van der Waals surface area contributed by atoms with Gasteiger partial charge in [0.25, 0.3) is 0 Å². The Morgan fingerprint density at radius 3 is 2.73 bits per heavy atom. The molecule has 0 bridgehead atoms. The number of β-amino-alcohol motifs (C(OH)–C–C–N with tert-alkyl or cyclic N) is 1. The van der Waals surface area contributed by atoms with Gasteiger partial charge in [-0.3, -0.25) is 4.79 Å². The van der Waals surface area contributed by atoms with Gasteiger partial charge < -0.3 is 10.0 Å². The second-order valence-corrected chi connectivity index (χ2v) is 4.75. The molecule has 1 N–H and O–H groups in total. The summed E-state index contributed by atoms with van der Waals surface area (Å²) in [6.07, 6.45) is 2.48. The third-order valence-electron chi connectivity index (χ3n) is 3.60. The van der Waals surface area contributed by atoms with Crippen LogP contribution in [0.2, 0.25) is 0 Å². The maximum absolute atomic E-state index is 12.1. The van der Waals surface area contributed by atoms with Crippen LogP contribution in [0.4, 0.5) is 0 Å². The molecule has 3 heteroatoms. The topological polar surface area (TPSA) is 40.5 Å². The number of hydrogen-bond acceptors (Lipinski definition) is 2. The van der Waals surface area contributed by atoms with Gasteiger partial charge in [-0.05, 0) is 18.8 Å². The molecule has 1 rings (SSSR count). The number of aliphatic hydroxyl groups is 1. The van der Waals surface area contributed by atoms with E-state index in [1.54, 1.807) is 0 Å². The van der Waals surface area contributed by atoms with Gasteiger partial charge >= 0.3 is 0 Å². The lowest BCUT2D eigenvalue weighted by Gasteiger charge is -2.33. The SMILES string of the molecule is CCC(C)C(C)C(=O)N1CCCC(O)C1. The van der Waals surface area contributed by atoms with Gasteiger partial charge in [0.15, 0.2) is 0 Å². The summed E-state index contributed by atoms with van der Waals surface area (Å²) < 4.78 is 0. The average molecular weight is 213 g/mol. The van der Waals surface area contributed by atoms with Crippen molar-refractivity contribution in [3.8, 4) is 0 Å². The number of rotatable bonds is 3. The summed E-state index contributed by atoms with van der Waals surface area (Å²) in [5.74, 6) is 0.722. The first-order valence-corrected chi connectivity index (χ1v) is 6.03. The molecule has 1 amide bonds. The molecule has 0 spiro atoms. The predicted molar refractivity (Wildman–Crippen MR) is 60.4 cm³/mol. The number of piperidine rings is 1. The van der Waals surface area contributed by atoms with E-state index in [-0.39, 0.29) is 17.9 Å². The molecule has 0 aromatic heterocycles. The van der Waals surface area contributed by atoms with Crippen LogP contribution in [0.25, 0.3) is 0 Å². The number of likely N-dealkylation sites (tertiary alicyclic amines) is 1. The predicted octanol–water partition coefficient (Wildman–Crippen LogP) is 1.65. The maximum Gasteiger partial charge on any atom is 0.225 e. The molecule has 3 nitrogen and oxygen atoms in total. The summed E-state index contributed by atoms with van der Waals surface area (Å²) >= 11 is 0. The van der Waals surface area contributed by atoms with Crippen molar-refractivity contribution < 1.29 is 9.90 Å². The highest BCUT2D eigenvalue weighted by Gasteiger charge is 2.27. The Hall–Kier alpha value is -0.570. The van der Waals surface area contributed by atoms with Gasteiger partial charge in [-0.25, -0.2) is 0 Å². The zero-order valence-corrected chi connectivity index (χ0v) is 10.1. The van der Waals surface area contributed by atoms with Crippen LogP contribution < -0.4 is 0 Å². The summed E-state index contributed by atoms with van der Waals surface area (Å²) in [4.78, 5) is 13.9. The lowest BCUT2D eigenvalue weighted by atomic mass is 9.91. The van der Waals surface area contributed by atoms with Gasteiger partial charge in [0.1, 0.15) is 0 Å². The molecule has 0 radical (unpaired) electrons. The number of nitrogens with zero attached hydrogens (tertiary/aromatic N) is 1. The molecule has 1 fully saturated rings. The Kier molecular flexibility index (Phi) is 4.58. The van der Waals surface area contributed by atoms with E-state index in [0.29, 0.717) is 12.5 Å². The minimum atomic E-state index is -0.313. The van der Waals surface area contributed by atoms with Gasteiger partial charge in [-0.1, -0.05) is 27.2 Å². The summed E-state index contributed by atoms with van der Waals surface area (Å²) in [7, 11) is 0. The normalized spacial score (nSPS) is 26.1. The standard InChI is InChI=1S/C12H23NO2/c1-4-9(2)10(3)12(15)13-7-5-6-11(14)8-13/h9-11,14H,4-8H2,1-3H3. The molecule has 0 aromatic rings. The second-order valence-electron chi connectivity index (χ2n) is 4.75. The molecular weight excluding hydrogens is 190 g/mol. The van der Waals surface area contributed by atoms with Gasteiger partial charge in [-0.2, -0.15) is 0 Å². The summed E-state index contributed by atoms with van der Waals surface area (Å²) in [5, 5.41) is 9.51. The van der Waals surface area contributed by atoms with Crippen molar-refractivity contribution in [2.75, 3.05) is 13.1 Å². The molecule has 0 aliphatic carbocycles. The third-order valence-corrected chi connectivity index (χ3v) is 3.60. The van der Waals surface area contributed by atoms with Crippen LogP contribution in [0.1, 0.15) is 40.0 Å². The van der Waals surface area contributed by atoms with E-state index < -0.39 is 0 Å². The first-order valence-electron chi connectivity index (χ1n) is 6.03. The highest BCUT2D eigenvalue weighted by Crippen LogP contribution is 2.20. The Bertz CT molecular complexity index is 218. The minimum Gasteiger partial charge on any atom is -0.391 e. The molecule has 1 saturated heterocycles. The monoisotopic (exact) mass is 213 g/mol. The molecule has 0 aromatic carbocycles. The summed E-state index contributed by atoms with van der Waals surface area (Å²) in [6.45, 7) is 7.57. The minimum absolute atomic E-state index is 0.0836. The van der Waals surface area contributed by atoms with Crippen molar-refractivity contribution in [1.29, 1.82) is 0 Å². The van der Waals surface area contributed by atoms with Crippen LogP contribution in [-0.4, -0.2) is 35.1 Å². The largest absolute Gasteiger partial charge is 0.391 e. The quantitative estimate of drug-likeness (QED) is 0.774. The van der Waals surface area contributed by atoms with Gasteiger partial charge in [0, 0.05) is 19.0 Å². The molecular formula is C12H23NO2. The number of hydrogen-bond donors (Lipinski definition) is 1. The first kappa shape index (κ1) is 12.5. The smallest absolute Gasteiger partial charge is 0.225 e.